The fourth-order valence-electron chi connectivity index (χ4n) is 3.64. The van der Waals surface area contributed by atoms with E-state index >= 15 is 0 Å². The lowest BCUT2D eigenvalue weighted by atomic mass is 9.93. The van der Waals surface area contributed by atoms with Gasteiger partial charge in [-0.3, -0.25) is 0 Å². The van der Waals surface area contributed by atoms with Crippen LogP contribution < -0.4 is 10.6 Å². The van der Waals surface area contributed by atoms with Gasteiger partial charge in [-0.15, -0.1) is 22.7 Å². The summed E-state index contributed by atoms with van der Waals surface area (Å²) in [6.07, 6.45) is 6.37. The van der Waals surface area contributed by atoms with E-state index in [4.69, 9.17) is 17.0 Å². The van der Waals surface area contributed by atoms with Gasteiger partial charge in [0.25, 0.3) is 0 Å². The molecule has 1 atom stereocenters. The molecule has 0 amide bonds. The van der Waals surface area contributed by atoms with Gasteiger partial charge in [-0.05, 0) is 62.2 Å². The van der Waals surface area contributed by atoms with Gasteiger partial charge in [0.1, 0.15) is 5.00 Å². The number of rotatable bonds is 3. The first-order valence-corrected chi connectivity index (χ1v) is 10.9. The quantitative estimate of drug-likeness (QED) is 0.580. The third-order valence-corrected chi connectivity index (χ3v) is 7.39. The first-order valence-electron chi connectivity index (χ1n) is 8.84. The molecule has 0 saturated carbocycles. The zero-order valence-corrected chi connectivity index (χ0v) is 17.3. The van der Waals surface area contributed by atoms with Crippen molar-refractivity contribution in [3.63, 3.8) is 0 Å². The van der Waals surface area contributed by atoms with Gasteiger partial charge in [-0.25, -0.2) is 9.78 Å². The number of aromatic nitrogens is 1. The fourth-order valence-corrected chi connectivity index (χ4v) is 6.42. The number of nitrogens with zero attached hydrogens (tertiary/aromatic N) is 1. The summed E-state index contributed by atoms with van der Waals surface area (Å²) in [5, 5.41) is 8.45. The molecule has 1 unspecified atom stereocenters. The zero-order chi connectivity index (χ0) is 18.3. The molecule has 5 nitrogen and oxygen atoms in total. The molecule has 0 spiro atoms. The molecule has 0 bridgehead atoms. The monoisotopic (exact) mass is 407 g/mol. The van der Waals surface area contributed by atoms with Gasteiger partial charge in [-0.1, -0.05) is 6.92 Å². The molecule has 2 aromatic rings. The summed E-state index contributed by atoms with van der Waals surface area (Å²) >= 11 is 8.75. The van der Waals surface area contributed by atoms with Crippen molar-refractivity contribution in [3.8, 4) is 0 Å². The summed E-state index contributed by atoms with van der Waals surface area (Å²) in [6, 6.07) is 0. The Labute approximate surface area is 166 Å². The highest BCUT2D eigenvalue weighted by Gasteiger charge is 2.28. The van der Waals surface area contributed by atoms with Crippen LogP contribution in [0.2, 0.25) is 0 Å². The highest BCUT2D eigenvalue weighted by atomic mass is 32.1. The number of aryl methyl sites for hydroxylation is 2. The van der Waals surface area contributed by atoms with Gasteiger partial charge in [0.05, 0.1) is 18.4 Å². The summed E-state index contributed by atoms with van der Waals surface area (Å²) in [6.45, 7) is 2.28. The van der Waals surface area contributed by atoms with E-state index in [0.717, 1.165) is 53.7 Å². The molecule has 0 aliphatic heterocycles. The first kappa shape index (κ1) is 17.9. The average Bonchev–Trinajstić information content (AvgIpc) is 3.27. The summed E-state index contributed by atoms with van der Waals surface area (Å²) in [4.78, 5) is 19.5. The smallest absolute Gasteiger partial charge is 0.341 e. The van der Waals surface area contributed by atoms with Crippen LogP contribution in [0.25, 0.3) is 0 Å². The molecule has 2 aromatic heterocycles. The maximum Gasteiger partial charge on any atom is 0.341 e. The number of thiocarbonyl (C=S) groups is 1. The second-order valence-corrected chi connectivity index (χ2v) is 9.47. The summed E-state index contributed by atoms with van der Waals surface area (Å²) < 4.78 is 4.98. The van der Waals surface area contributed by atoms with Gasteiger partial charge in [0.15, 0.2) is 10.2 Å². The number of hydrogen-bond donors (Lipinski definition) is 2. The van der Waals surface area contributed by atoms with Crippen molar-refractivity contribution >= 4 is 56.1 Å². The number of esters is 1. The van der Waals surface area contributed by atoms with Crippen LogP contribution in [0.5, 0.6) is 0 Å². The normalized spacial score (nSPS) is 18.2. The van der Waals surface area contributed by atoms with Crippen LogP contribution in [-0.4, -0.2) is 23.2 Å². The second-order valence-electron chi connectivity index (χ2n) is 6.87. The number of ether oxygens (including phenoxy) is 1. The maximum atomic E-state index is 12.2. The Bertz CT molecular complexity index is 871. The number of nitrogens with one attached hydrogen (secondary N) is 2. The van der Waals surface area contributed by atoms with Gasteiger partial charge in [0, 0.05) is 9.75 Å². The molecule has 2 N–H and O–H groups in total. The molecule has 4 rings (SSSR count). The molecule has 8 heteroatoms. The van der Waals surface area contributed by atoms with Crippen LogP contribution in [0, 0.1) is 5.92 Å². The maximum absolute atomic E-state index is 12.2. The number of thiophene rings is 1. The average molecular weight is 408 g/mol. The third-order valence-electron chi connectivity index (χ3n) is 4.94. The first-order chi connectivity index (χ1) is 12.5. The summed E-state index contributed by atoms with van der Waals surface area (Å²) in [7, 11) is 1.42. The molecule has 0 saturated heterocycles. The number of anilines is 2. The van der Waals surface area contributed by atoms with E-state index < -0.39 is 0 Å². The molecular weight excluding hydrogens is 386 g/mol. The molecule has 2 aliphatic carbocycles. The number of hydrogen-bond acceptors (Lipinski definition) is 6. The lowest BCUT2D eigenvalue weighted by molar-refractivity contribution is 0.0601. The minimum absolute atomic E-state index is 0.298. The van der Waals surface area contributed by atoms with Crippen molar-refractivity contribution in [1.29, 1.82) is 0 Å². The highest BCUT2D eigenvalue weighted by Crippen LogP contribution is 2.39. The molecule has 2 aliphatic rings. The van der Waals surface area contributed by atoms with Crippen LogP contribution >= 0.6 is 34.9 Å². The van der Waals surface area contributed by atoms with Gasteiger partial charge >= 0.3 is 5.97 Å². The lowest BCUT2D eigenvalue weighted by Gasteiger charge is -2.15. The Morgan fingerprint density at radius 2 is 2.08 bits per heavy atom. The largest absolute Gasteiger partial charge is 0.465 e. The van der Waals surface area contributed by atoms with E-state index in [2.05, 4.69) is 22.5 Å². The number of fused-ring (bicyclic) bond motifs is 2. The van der Waals surface area contributed by atoms with E-state index in [1.54, 1.807) is 22.7 Å². The number of carbonyl (C=O) groups excluding carboxylic acids is 1. The predicted molar refractivity (Wildman–Crippen MR) is 111 cm³/mol. The Balaban J connectivity index is 1.50. The van der Waals surface area contributed by atoms with Gasteiger partial charge in [0.2, 0.25) is 0 Å². The molecular formula is C18H21N3O2S3. The third kappa shape index (κ3) is 3.37. The summed E-state index contributed by atoms with van der Waals surface area (Å²) in [5.41, 5.74) is 2.95. The zero-order valence-electron chi connectivity index (χ0n) is 14.8. The molecule has 0 radical (unpaired) electrons. The van der Waals surface area contributed by atoms with Crippen LogP contribution in [0.3, 0.4) is 0 Å². The topological polar surface area (TPSA) is 63.2 Å². The Morgan fingerprint density at radius 3 is 2.88 bits per heavy atom. The number of methoxy groups -OCH3 is 1. The van der Waals surface area contributed by atoms with Crippen molar-refractivity contribution in [3.05, 3.63) is 26.6 Å². The lowest BCUT2D eigenvalue weighted by Crippen LogP contribution is -2.20. The molecule has 26 heavy (non-hydrogen) atoms. The molecule has 2 heterocycles. The van der Waals surface area contributed by atoms with Crippen LogP contribution in [0.15, 0.2) is 0 Å². The van der Waals surface area contributed by atoms with E-state index in [0.29, 0.717) is 10.7 Å². The van der Waals surface area contributed by atoms with Crippen LogP contribution in [0.1, 0.15) is 51.1 Å². The van der Waals surface area contributed by atoms with Crippen molar-refractivity contribution in [2.75, 3.05) is 17.7 Å². The SMILES string of the molecule is COC(=O)c1c(NC(=S)Nc2nc3c(s2)CC(C)CC3)sc2c1CCC2. The molecule has 0 aromatic carbocycles. The standard InChI is InChI=1S/C18H21N3O2S3/c1-9-6-7-11-13(8-9)26-18(19-11)21-17(24)20-15-14(16(22)23-2)10-4-3-5-12(10)25-15/h9H,3-8H2,1-2H3,(H2,19,20,21,24). The van der Waals surface area contributed by atoms with Crippen LogP contribution in [-0.2, 0) is 30.4 Å². The minimum Gasteiger partial charge on any atom is -0.465 e. The van der Waals surface area contributed by atoms with Crippen molar-refractivity contribution in [1.82, 2.24) is 4.98 Å². The summed E-state index contributed by atoms with van der Waals surface area (Å²) in [5.74, 6) is 0.422. The van der Waals surface area contributed by atoms with Gasteiger partial charge < -0.3 is 15.4 Å². The molecule has 0 fully saturated rings. The van der Waals surface area contributed by atoms with E-state index in [9.17, 15) is 4.79 Å². The van der Waals surface area contributed by atoms with Gasteiger partial charge in [-0.2, -0.15) is 0 Å². The predicted octanol–water partition coefficient (Wildman–Crippen LogP) is 4.41. The van der Waals surface area contributed by atoms with E-state index in [1.807, 2.05) is 0 Å². The minimum atomic E-state index is -0.298. The number of thiazole rings is 1. The Hall–Kier alpha value is -1.51. The highest BCUT2D eigenvalue weighted by molar-refractivity contribution is 7.80. The Morgan fingerprint density at radius 1 is 1.23 bits per heavy atom. The van der Waals surface area contributed by atoms with E-state index in [-0.39, 0.29) is 5.97 Å². The van der Waals surface area contributed by atoms with Crippen molar-refractivity contribution in [2.45, 2.75) is 45.4 Å². The van der Waals surface area contributed by atoms with Crippen LogP contribution in [0.4, 0.5) is 10.1 Å². The van der Waals surface area contributed by atoms with E-state index in [1.165, 1.54) is 29.0 Å². The second kappa shape index (κ2) is 7.25. The van der Waals surface area contributed by atoms with Crippen molar-refractivity contribution < 1.29 is 9.53 Å². The Kier molecular flexibility index (Phi) is 4.98. The fraction of sp³-hybridized carbons (Fsp3) is 0.500. The number of carbonyl (C=O) groups is 1. The van der Waals surface area contributed by atoms with Crippen molar-refractivity contribution in [2.24, 2.45) is 5.92 Å². The molecule has 138 valence electrons.